The molecule has 0 aliphatic rings. The van der Waals surface area contributed by atoms with Crippen molar-refractivity contribution in [3.05, 3.63) is 24.3 Å². The highest BCUT2D eigenvalue weighted by atomic mass is 16.3. The Morgan fingerprint density at radius 2 is 2.08 bits per heavy atom. The molecule has 1 N–H and O–H groups in total. The molecule has 66 valence electrons. The molecule has 0 amide bonds. The van der Waals surface area contributed by atoms with Gasteiger partial charge in [0.15, 0.2) is 0 Å². The van der Waals surface area contributed by atoms with E-state index in [1.165, 1.54) is 0 Å². The number of hydrogen-bond acceptors (Lipinski definition) is 3. The maximum atomic E-state index is 9.96. The number of aliphatic hydroxyl groups is 1. The zero-order valence-corrected chi connectivity index (χ0v) is 7.65. The van der Waals surface area contributed by atoms with E-state index in [0.717, 1.165) is 0 Å². The van der Waals surface area contributed by atoms with E-state index < -0.39 is 5.60 Å². The van der Waals surface area contributed by atoms with Crippen molar-refractivity contribution in [1.82, 2.24) is 9.97 Å². The zero-order valence-electron chi connectivity index (χ0n) is 7.65. The van der Waals surface area contributed by atoms with Gasteiger partial charge < -0.3 is 5.11 Å². The van der Waals surface area contributed by atoms with E-state index in [1.807, 2.05) is 13.8 Å². The first-order chi connectivity index (χ1) is 5.55. The molecule has 3 nitrogen and oxygen atoms in total. The molecule has 0 saturated heterocycles. The van der Waals surface area contributed by atoms with E-state index in [0.29, 0.717) is 5.69 Å². The lowest BCUT2D eigenvalue weighted by Crippen LogP contribution is -2.29. The molecular formula is C9H14N2O. The van der Waals surface area contributed by atoms with Crippen LogP contribution in [0, 0.1) is 5.92 Å². The minimum Gasteiger partial charge on any atom is -0.384 e. The Morgan fingerprint density at radius 3 is 2.50 bits per heavy atom. The zero-order chi connectivity index (χ0) is 9.19. The molecular weight excluding hydrogens is 152 g/mol. The first kappa shape index (κ1) is 9.13. The normalized spacial score (nSPS) is 16.1. The second-order valence-electron chi connectivity index (χ2n) is 3.39. The average Bonchev–Trinajstić information content (AvgIpc) is 2.06. The van der Waals surface area contributed by atoms with Gasteiger partial charge in [-0.2, -0.15) is 0 Å². The highest BCUT2D eigenvalue weighted by Crippen LogP contribution is 2.25. The lowest BCUT2D eigenvalue weighted by molar-refractivity contribution is 0.00451. The van der Waals surface area contributed by atoms with Crippen LogP contribution in [0.15, 0.2) is 18.6 Å². The van der Waals surface area contributed by atoms with Gasteiger partial charge in [0.25, 0.3) is 0 Å². The monoisotopic (exact) mass is 166 g/mol. The summed E-state index contributed by atoms with van der Waals surface area (Å²) in [4.78, 5) is 7.97. The molecule has 0 radical (unpaired) electrons. The molecule has 12 heavy (non-hydrogen) atoms. The summed E-state index contributed by atoms with van der Waals surface area (Å²) < 4.78 is 0. The highest BCUT2D eigenvalue weighted by molar-refractivity contribution is 5.06. The molecule has 0 fully saturated rings. The van der Waals surface area contributed by atoms with Crippen molar-refractivity contribution >= 4 is 0 Å². The van der Waals surface area contributed by atoms with E-state index >= 15 is 0 Å². The number of nitrogens with zero attached hydrogens (tertiary/aromatic N) is 2. The molecule has 1 heterocycles. The summed E-state index contributed by atoms with van der Waals surface area (Å²) in [6, 6.07) is 0. The Hall–Kier alpha value is -0.960. The van der Waals surface area contributed by atoms with Crippen LogP contribution in [-0.2, 0) is 5.60 Å². The number of hydrogen-bond donors (Lipinski definition) is 1. The molecule has 1 aromatic heterocycles. The van der Waals surface area contributed by atoms with Crippen LogP contribution < -0.4 is 0 Å². The van der Waals surface area contributed by atoms with Gasteiger partial charge in [0, 0.05) is 12.4 Å². The van der Waals surface area contributed by atoms with Gasteiger partial charge in [-0.05, 0) is 12.8 Å². The molecule has 0 aliphatic carbocycles. The fourth-order valence-electron chi connectivity index (χ4n) is 0.856. The van der Waals surface area contributed by atoms with Gasteiger partial charge in [0.1, 0.15) is 5.60 Å². The van der Waals surface area contributed by atoms with Crippen molar-refractivity contribution in [3.8, 4) is 0 Å². The second-order valence-corrected chi connectivity index (χ2v) is 3.39. The van der Waals surface area contributed by atoms with Gasteiger partial charge in [-0.25, -0.2) is 0 Å². The Morgan fingerprint density at radius 1 is 1.42 bits per heavy atom. The predicted molar refractivity (Wildman–Crippen MR) is 46.4 cm³/mol. The number of aromatic nitrogens is 2. The van der Waals surface area contributed by atoms with Crippen LogP contribution in [0.25, 0.3) is 0 Å². The third-order valence-electron chi connectivity index (χ3n) is 2.21. The molecule has 0 aromatic carbocycles. The van der Waals surface area contributed by atoms with E-state index in [4.69, 9.17) is 0 Å². The predicted octanol–water partition coefficient (Wildman–Crippen LogP) is 1.34. The van der Waals surface area contributed by atoms with Crippen LogP contribution in [0.3, 0.4) is 0 Å². The van der Waals surface area contributed by atoms with E-state index in [9.17, 15) is 5.11 Å². The molecule has 0 saturated carbocycles. The summed E-state index contributed by atoms with van der Waals surface area (Å²) in [6.07, 6.45) is 4.78. The van der Waals surface area contributed by atoms with Gasteiger partial charge in [0.05, 0.1) is 11.9 Å². The maximum absolute atomic E-state index is 9.96. The molecule has 1 rings (SSSR count). The van der Waals surface area contributed by atoms with Gasteiger partial charge >= 0.3 is 0 Å². The molecule has 3 heteroatoms. The summed E-state index contributed by atoms with van der Waals surface area (Å²) in [6.45, 7) is 5.66. The second kappa shape index (κ2) is 3.19. The van der Waals surface area contributed by atoms with Gasteiger partial charge in [-0.15, -0.1) is 0 Å². The first-order valence-electron chi connectivity index (χ1n) is 4.04. The summed E-state index contributed by atoms with van der Waals surface area (Å²) in [5.74, 6) is 0.134. The Bertz CT molecular complexity index is 244. The van der Waals surface area contributed by atoms with Crippen LogP contribution in [-0.4, -0.2) is 15.1 Å². The Kier molecular flexibility index (Phi) is 2.43. The average molecular weight is 166 g/mol. The van der Waals surface area contributed by atoms with Crippen molar-refractivity contribution in [1.29, 1.82) is 0 Å². The van der Waals surface area contributed by atoms with E-state index in [-0.39, 0.29) is 5.92 Å². The molecule has 0 bridgehead atoms. The third kappa shape index (κ3) is 1.61. The van der Waals surface area contributed by atoms with Crippen LogP contribution in [0.2, 0.25) is 0 Å². The Labute approximate surface area is 72.5 Å². The van der Waals surface area contributed by atoms with Crippen LogP contribution in [0.4, 0.5) is 0 Å². The fourth-order valence-corrected chi connectivity index (χ4v) is 0.856. The molecule has 1 unspecified atom stereocenters. The molecule has 1 aromatic rings. The lowest BCUT2D eigenvalue weighted by Gasteiger charge is -2.26. The SMILES string of the molecule is CC(C)C(C)(O)c1cnccn1. The van der Waals surface area contributed by atoms with Crippen molar-refractivity contribution in [2.75, 3.05) is 0 Å². The standard InChI is InChI=1S/C9H14N2O/c1-7(2)9(3,12)8-6-10-4-5-11-8/h4-7,12H,1-3H3. The topological polar surface area (TPSA) is 46.0 Å². The van der Waals surface area contributed by atoms with Gasteiger partial charge in [-0.3, -0.25) is 9.97 Å². The fraction of sp³-hybridized carbons (Fsp3) is 0.556. The van der Waals surface area contributed by atoms with Crippen LogP contribution in [0.1, 0.15) is 26.5 Å². The molecule has 0 spiro atoms. The maximum Gasteiger partial charge on any atom is 0.108 e. The lowest BCUT2D eigenvalue weighted by atomic mass is 9.89. The summed E-state index contributed by atoms with van der Waals surface area (Å²) >= 11 is 0. The minimum absolute atomic E-state index is 0.134. The third-order valence-corrected chi connectivity index (χ3v) is 2.21. The van der Waals surface area contributed by atoms with E-state index in [1.54, 1.807) is 25.5 Å². The van der Waals surface area contributed by atoms with Gasteiger partial charge in [-0.1, -0.05) is 13.8 Å². The summed E-state index contributed by atoms with van der Waals surface area (Å²) in [5.41, 5.74) is -0.256. The highest BCUT2D eigenvalue weighted by Gasteiger charge is 2.28. The van der Waals surface area contributed by atoms with E-state index in [2.05, 4.69) is 9.97 Å². The minimum atomic E-state index is -0.881. The molecule has 0 aliphatic heterocycles. The van der Waals surface area contributed by atoms with Crippen LogP contribution >= 0.6 is 0 Å². The first-order valence-corrected chi connectivity index (χ1v) is 4.04. The van der Waals surface area contributed by atoms with Gasteiger partial charge in [0.2, 0.25) is 0 Å². The van der Waals surface area contributed by atoms with Crippen molar-refractivity contribution < 1.29 is 5.11 Å². The number of rotatable bonds is 2. The summed E-state index contributed by atoms with van der Waals surface area (Å²) in [5, 5.41) is 9.96. The van der Waals surface area contributed by atoms with Crippen molar-refractivity contribution in [2.24, 2.45) is 5.92 Å². The Balaban J connectivity index is 2.98. The summed E-state index contributed by atoms with van der Waals surface area (Å²) in [7, 11) is 0. The quantitative estimate of drug-likeness (QED) is 0.721. The van der Waals surface area contributed by atoms with Crippen LogP contribution in [0.5, 0.6) is 0 Å². The largest absolute Gasteiger partial charge is 0.384 e. The van der Waals surface area contributed by atoms with Crippen molar-refractivity contribution in [3.63, 3.8) is 0 Å². The molecule has 1 atom stereocenters. The van der Waals surface area contributed by atoms with Crippen molar-refractivity contribution in [2.45, 2.75) is 26.4 Å². The smallest absolute Gasteiger partial charge is 0.108 e.